The molecule has 2 N–H and O–H groups in total. The molecule has 2 rings (SSSR count). The minimum absolute atomic E-state index is 0.232. The van der Waals surface area contributed by atoms with Crippen molar-refractivity contribution >= 4 is 34.2 Å². The Morgan fingerprint density at radius 1 is 1.30 bits per heavy atom. The number of aliphatic carboxylic acids is 1. The van der Waals surface area contributed by atoms with Crippen LogP contribution in [0.5, 0.6) is 0 Å². The highest BCUT2D eigenvalue weighted by Gasteiger charge is 2.28. The van der Waals surface area contributed by atoms with Crippen molar-refractivity contribution < 1.29 is 24.2 Å². The predicted octanol–water partition coefficient (Wildman–Crippen LogP) is 1.83. The lowest BCUT2D eigenvalue weighted by Crippen LogP contribution is -2.22. The molecule has 0 atom stereocenters. The molecule has 20 heavy (non-hydrogen) atoms. The standard InChI is InChI=1S/C13H15NO5S/c1-2-19-13(18)9-7-5-3-4-6-8(7)20-11(9)14-10(15)12(16)17/h2-6H2,1H3,(H,14,15)(H,16,17). The van der Waals surface area contributed by atoms with Crippen molar-refractivity contribution in [3.8, 4) is 0 Å². The van der Waals surface area contributed by atoms with Crippen LogP contribution in [0.25, 0.3) is 0 Å². The summed E-state index contributed by atoms with van der Waals surface area (Å²) in [5.74, 6) is -3.23. The van der Waals surface area contributed by atoms with Gasteiger partial charge in [-0.3, -0.25) is 4.79 Å². The number of aryl methyl sites for hydroxylation is 1. The smallest absolute Gasteiger partial charge is 0.394 e. The van der Waals surface area contributed by atoms with Crippen molar-refractivity contribution in [3.05, 3.63) is 16.0 Å². The first-order chi connectivity index (χ1) is 9.54. The summed E-state index contributed by atoms with van der Waals surface area (Å²) in [6, 6.07) is 0. The van der Waals surface area contributed by atoms with Crippen LogP contribution in [0.2, 0.25) is 0 Å². The van der Waals surface area contributed by atoms with Crippen LogP contribution in [0.1, 0.15) is 40.6 Å². The zero-order chi connectivity index (χ0) is 14.7. The number of fused-ring (bicyclic) bond motifs is 1. The zero-order valence-electron chi connectivity index (χ0n) is 11.0. The molecule has 1 aromatic heterocycles. The van der Waals surface area contributed by atoms with Crippen molar-refractivity contribution in [1.29, 1.82) is 0 Å². The molecule has 0 aliphatic heterocycles. The lowest BCUT2D eigenvalue weighted by molar-refractivity contribution is -0.147. The Balaban J connectivity index is 2.39. The van der Waals surface area contributed by atoms with E-state index in [1.54, 1.807) is 6.92 Å². The van der Waals surface area contributed by atoms with Crippen molar-refractivity contribution in [2.24, 2.45) is 0 Å². The second-order valence-corrected chi connectivity index (χ2v) is 5.50. The summed E-state index contributed by atoms with van der Waals surface area (Å²) < 4.78 is 5.00. The van der Waals surface area contributed by atoms with E-state index in [4.69, 9.17) is 9.84 Å². The van der Waals surface area contributed by atoms with Crippen LogP contribution in [0, 0.1) is 0 Å². The van der Waals surface area contributed by atoms with Gasteiger partial charge in [0, 0.05) is 4.88 Å². The molecule has 1 aliphatic rings. The first-order valence-electron chi connectivity index (χ1n) is 6.40. The van der Waals surface area contributed by atoms with E-state index in [1.807, 2.05) is 0 Å². The highest BCUT2D eigenvalue weighted by atomic mass is 32.1. The number of thiophene rings is 1. The van der Waals surface area contributed by atoms with Crippen LogP contribution < -0.4 is 5.32 Å². The first kappa shape index (κ1) is 14.5. The summed E-state index contributed by atoms with van der Waals surface area (Å²) >= 11 is 1.27. The van der Waals surface area contributed by atoms with Crippen molar-refractivity contribution in [1.82, 2.24) is 0 Å². The number of carbonyl (C=O) groups excluding carboxylic acids is 2. The summed E-state index contributed by atoms with van der Waals surface area (Å²) in [5, 5.41) is 11.2. The fourth-order valence-electron chi connectivity index (χ4n) is 2.23. The molecule has 7 heteroatoms. The maximum Gasteiger partial charge on any atom is 0.394 e. The fourth-order valence-corrected chi connectivity index (χ4v) is 3.50. The van der Waals surface area contributed by atoms with E-state index < -0.39 is 17.8 Å². The van der Waals surface area contributed by atoms with E-state index in [0.717, 1.165) is 36.1 Å². The Labute approximate surface area is 119 Å². The zero-order valence-corrected chi connectivity index (χ0v) is 11.8. The third-order valence-corrected chi connectivity index (χ3v) is 4.28. The monoisotopic (exact) mass is 297 g/mol. The Bertz CT molecular complexity index is 563. The highest BCUT2D eigenvalue weighted by molar-refractivity contribution is 7.17. The molecule has 1 heterocycles. The molecular formula is C13H15NO5S. The first-order valence-corrected chi connectivity index (χ1v) is 7.22. The molecule has 0 bridgehead atoms. The maximum absolute atomic E-state index is 12.0. The molecule has 108 valence electrons. The van der Waals surface area contributed by atoms with Gasteiger partial charge in [-0.15, -0.1) is 11.3 Å². The quantitative estimate of drug-likeness (QED) is 0.656. The Morgan fingerprint density at radius 3 is 2.65 bits per heavy atom. The lowest BCUT2D eigenvalue weighted by atomic mass is 9.95. The van der Waals surface area contributed by atoms with Gasteiger partial charge in [-0.25, -0.2) is 9.59 Å². The van der Waals surface area contributed by atoms with Crippen molar-refractivity contribution in [3.63, 3.8) is 0 Å². The van der Waals surface area contributed by atoms with Crippen LogP contribution in [0.4, 0.5) is 5.00 Å². The van der Waals surface area contributed by atoms with E-state index in [0.29, 0.717) is 5.56 Å². The van der Waals surface area contributed by atoms with Crippen LogP contribution >= 0.6 is 11.3 Å². The number of hydrogen-bond acceptors (Lipinski definition) is 5. The second kappa shape index (κ2) is 6.04. The van der Waals surface area contributed by atoms with Gasteiger partial charge < -0.3 is 15.2 Å². The molecule has 1 aliphatic carbocycles. The molecule has 1 aromatic rings. The van der Waals surface area contributed by atoms with E-state index in [9.17, 15) is 14.4 Å². The van der Waals surface area contributed by atoms with Crippen molar-refractivity contribution in [2.75, 3.05) is 11.9 Å². The Hall–Kier alpha value is -1.89. The number of ether oxygens (including phenoxy) is 1. The van der Waals surface area contributed by atoms with Gasteiger partial charge >= 0.3 is 17.8 Å². The average Bonchev–Trinajstić information content (AvgIpc) is 2.76. The maximum atomic E-state index is 12.0. The van der Waals surface area contributed by atoms with Crippen LogP contribution in [0.15, 0.2) is 0 Å². The number of amides is 1. The molecule has 0 saturated carbocycles. The summed E-state index contributed by atoms with van der Waals surface area (Å²) in [7, 11) is 0. The number of nitrogens with one attached hydrogen (secondary N) is 1. The van der Waals surface area contributed by atoms with E-state index in [-0.39, 0.29) is 11.6 Å². The molecular weight excluding hydrogens is 282 g/mol. The SMILES string of the molecule is CCOC(=O)c1c(NC(=O)C(=O)O)sc2c1CCCC2. The minimum atomic E-state index is -1.58. The summed E-state index contributed by atoms with van der Waals surface area (Å²) in [6.07, 6.45) is 3.60. The van der Waals surface area contributed by atoms with Crippen LogP contribution in [-0.4, -0.2) is 29.6 Å². The van der Waals surface area contributed by atoms with Gasteiger partial charge in [-0.1, -0.05) is 0 Å². The van der Waals surface area contributed by atoms with Gasteiger partial charge in [0.25, 0.3) is 0 Å². The fraction of sp³-hybridized carbons (Fsp3) is 0.462. The van der Waals surface area contributed by atoms with Gasteiger partial charge in [0.15, 0.2) is 0 Å². The molecule has 6 nitrogen and oxygen atoms in total. The van der Waals surface area contributed by atoms with Gasteiger partial charge in [0.1, 0.15) is 5.00 Å². The normalized spacial score (nSPS) is 13.4. The molecule has 0 fully saturated rings. The molecule has 0 aromatic carbocycles. The van der Waals surface area contributed by atoms with E-state index >= 15 is 0 Å². The molecule has 0 radical (unpaired) electrons. The summed E-state index contributed by atoms with van der Waals surface area (Å²) in [4.78, 5) is 35.0. The van der Waals surface area contributed by atoms with Crippen LogP contribution in [-0.2, 0) is 27.2 Å². The van der Waals surface area contributed by atoms with E-state index in [2.05, 4.69) is 5.32 Å². The summed E-state index contributed by atoms with van der Waals surface area (Å²) in [5.41, 5.74) is 1.21. The van der Waals surface area contributed by atoms with Gasteiger partial charge in [0.05, 0.1) is 12.2 Å². The van der Waals surface area contributed by atoms with Gasteiger partial charge in [0.2, 0.25) is 0 Å². The lowest BCUT2D eigenvalue weighted by Gasteiger charge is -2.12. The number of carboxylic acids is 1. The number of carboxylic acid groups (broad SMARTS) is 1. The molecule has 1 amide bonds. The predicted molar refractivity (Wildman–Crippen MR) is 73.2 cm³/mol. The Morgan fingerprint density at radius 2 is 2.00 bits per heavy atom. The molecule has 0 spiro atoms. The van der Waals surface area contributed by atoms with Crippen LogP contribution in [0.3, 0.4) is 0 Å². The van der Waals surface area contributed by atoms with Gasteiger partial charge in [-0.2, -0.15) is 0 Å². The second-order valence-electron chi connectivity index (χ2n) is 4.39. The third kappa shape index (κ3) is 2.82. The third-order valence-electron chi connectivity index (χ3n) is 3.07. The minimum Gasteiger partial charge on any atom is -0.474 e. The number of esters is 1. The average molecular weight is 297 g/mol. The van der Waals surface area contributed by atoms with Gasteiger partial charge in [-0.05, 0) is 38.2 Å². The topological polar surface area (TPSA) is 92.7 Å². The Kier molecular flexibility index (Phi) is 4.39. The van der Waals surface area contributed by atoms with Crippen molar-refractivity contribution in [2.45, 2.75) is 32.6 Å². The molecule has 0 saturated heterocycles. The summed E-state index contributed by atoms with van der Waals surface area (Å²) in [6.45, 7) is 1.93. The number of anilines is 1. The number of carbonyl (C=O) groups is 3. The number of hydrogen-bond donors (Lipinski definition) is 2. The largest absolute Gasteiger partial charge is 0.474 e. The highest BCUT2D eigenvalue weighted by Crippen LogP contribution is 2.38. The number of rotatable bonds is 3. The molecule has 0 unspecified atom stereocenters. The van der Waals surface area contributed by atoms with E-state index in [1.165, 1.54) is 11.3 Å².